The molecule has 1 aromatic carbocycles. The van der Waals surface area contributed by atoms with Crippen LogP contribution in [0.3, 0.4) is 0 Å². The number of rotatable bonds is 7. The molecule has 0 spiro atoms. The fourth-order valence-electron chi connectivity index (χ4n) is 3.52. The van der Waals surface area contributed by atoms with Gasteiger partial charge in [0, 0.05) is 48.1 Å². The van der Waals surface area contributed by atoms with Crippen LogP contribution in [0.15, 0.2) is 22.7 Å². The van der Waals surface area contributed by atoms with Crippen LogP contribution in [0.5, 0.6) is 0 Å². The first kappa shape index (κ1) is 21.0. The second-order valence-corrected chi connectivity index (χ2v) is 8.09. The Labute approximate surface area is 171 Å². The van der Waals surface area contributed by atoms with E-state index in [2.05, 4.69) is 29.3 Å². The maximum atomic E-state index is 12.2. The highest BCUT2D eigenvalue weighted by atomic mass is 16.5. The van der Waals surface area contributed by atoms with Crippen LogP contribution in [0.4, 0.5) is 5.69 Å². The monoisotopic (exact) mass is 398 g/mol. The molecule has 0 radical (unpaired) electrons. The number of likely N-dealkylation sites (tertiary alicyclic amines) is 1. The molecule has 8 nitrogen and oxygen atoms in total. The van der Waals surface area contributed by atoms with Crippen LogP contribution in [0.2, 0.25) is 0 Å². The first-order valence-electron chi connectivity index (χ1n) is 10.0. The van der Waals surface area contributed by atoms with Crippen molar-refractivity contribution in [3.05, 3.63) is 29.7 Å². The van der Waals surface area contributed by atoms with Gasteiger partial charge < -0.3 is 25.0 Å². The van der Waals surface area contributed by atoms with Crippen molar-refractivity contribution in [1.29, 1.82) is 5.41 Å². The number of anilines is 1. The average Bonchev–Trinajstić information content (AvgIpc) is 3.17. The van der Waals surface area contributed by atoms with Crippen molar-refractivity contribution in [3.63, 3.8) is 0 Å². The van der Waals surface area contributed by atoms with Crippen molar-refractivity contribution in [2.75, 3.05) is 39.0 Å². The lowest BCUT2D eigenvalue weighted by atomic mass is 9.96. The SMILES string of the molecule is CC(C)Nc1cc(-c2noc(C3CCN(C(=O)CN(C)C)CC3)n2)ccc1C=N. The van der Waals surface area contributed by atoms with Crippen molar-refractivity contribution in [2.24, 2.45) is 0 Å². The van der Waals surface area contributed by atoms with Crippen molar-refractivity contribution in [3.8, 4) is 11.4 Å². The second-order valence-electron chi connectivity index (χ2n) is 8.09. The molecule has 8 heteroatoms. The Balaban J connectivity index is 1.69. The van der Waals surface area contributed by atoms with Crippen molar-refractivity contribution < 1.29 is 9.32 Å². The van der Waals surface area contributed by atoms with E-state index in [1.807, 2.05) is 42.1 Å². The molecule has 1 saturated heterocycles. The third kappa shape index (κ3) is 5.20. The Morgan fingerprint density at radius 1 is 1.38 bits per heavy atom. The molecule has 1 aromatic heterocycles. The van der Waals surface area contributed by atoms with Gasteiger partial charge in [0.1, 0.15) is 0 Å². The number of carbonyl (C=O) groups excluding carboxylic acids is 1. The van der Waals surface area contributed by atoms with E-state index in [4.69, 9.17) is 9.93 Å². The van der Waals surface area contributed by atoms with E-state index >= 15 is 0 Å². The molecule has 156 valence electrons. The largest absolute Gasteiger partial charge is 0.382 e. The van der Waals surface area contributed by atoms with Gasteiger partial charge in [-0.3, -0.25) is 4.79 Å². The fourth-order valence-corrected chi connectivity index (χ4v) is 3.52. The van der Waals surface area contributed by atoms with E-state index in [0.717, 1.165) is 29.7 Å². The zero-order valence-electron chi connectivity index (χ0n) is 17.6. The summed E-state index contributed by atoms with van der Waals surface area (Å²) in [5.74, 6) is 1.52. The Hall–Kier alpha value is -2.74. The van der Waals surface area contributed by atoms with Gasteiger partial charge in [-0.1, -0.05) is 17.3 Å². The van der Waals surface area contributed by atoms with Gasteiger partial charge in [-0.2, -0.15) is 4.98 Å². The van der Waals surface area contributed by atoms with Gasteiger partial charge in [-0.25, -0.2) is 0 Å². The second kappa shape index (κ2) is 9.17. The summed E-state index contributed by atoms with van der Waals surface area (Å²) in [6.45, 7) is 5.98. The summed E-state index contributed by atoms with van der Waals surface area (Å²) in [5.41, 5.74) is 2.56. The molecular weight excluding hydrogens is 368 g/mol. The van der Waals surface area contributed by atoms with Gasteiger partial charge in [0.25, 0.3) is 0 Å². The predicted molar refractivity (Wildman–Crippen MR) is 113 cm³/mol. The minimum absolute atomic E-state index is 0.163. The number of amides is 1. The van der Waals surface area contributed by atoms with E-state index in [1.54, 1.807) is 0 Å². The molecule has 2 heterocycles. The molecule has 0 unspecified atom stereocenters. The third-order valence-corrected chi connectivity index (χ3v) is 5.00. The number of hydrogen-bond acceptors (Lipinski definition) is 7. The molecule has 0 saturated carbocycles. The van der Waals surface area contributed by atoms with Crippen molar-refractivity contribution in [2.45, 2.75) is 38.6 Å². The fraction of sp³-hybridized carbons (Fsp3) is 0.524. The molecule has 0 atom stereocenters. The lowest BCUT2D eigenvalue weighted by Crippen LogP contribution is -2.42. The highest BCUT2D eigenvalue weighted by Crippen LogP contribution is 2.30. The summed E-state index contributed by atoms with van der Waals surface area (Å²) in [6, 6.07) is 6.00. The molecule has 1 fully saturated rings. The van der Waals surface area contributed by atoms with Crippen LogP contribution in [0, 0.1) is 5.41 Å². The predicted octanol–water partition coefficient (Wildman–Crippen LogP) is 2.82. The normalized spacial score (nSPS) is 15.2. The van der Waals surface area contributed by atoms with E-state index in [9.17, 15) is 4.79 Å². The zero-order chi connectivity index (χ0) is 21.0. The minimum Gasteiger partial charge on any atom is -0.382 e. The molecule has 3 rings (SSSR count). The van der Waals surface area contributed by atoms with E-state index in [0.29, 0.717) is 31.3 Å². The number of piperidine rings is 1. The highest BCUT2D eigenvalue weighted by Gasteiger charge is 2.27. The van der Waals surface area contributed by atoms with Gasteiger partial charge in [0.05, 0.1) is 6.54 Å². The smallest absolute Gasteiger partial charge is 0.236 e. The summed E-state index contributed by atoms with van der Waals surface area (Å²) in [4.78, 5) is 20.6. The molecule has 1 amide bonds. The standard InChI is InChI=1S/C21H30N6O2/c1-14(2)23-18-11-16(5-6-17(18)12-22)20-24-21(29-25-20)15-7-9-27(10-8-15)19(28)13-26(3)4/h5-6,11-12,14-15,22-23H,7-10,13H2,1-4H3. The van der Waals surface area contributed by atoms with Gasteiger partial charge in [-0.05, 0) is 46.9 Å². The molecule has 0 aliphatic carbocycles. The Morgan fingerprint density at radius 3 is 2.72 bits per heavy atom. The molecule has 2 aromatic rings. The summed E-state index contributed by atoms with van der Waals surface area (Å²) in [7, 11) is 3.81. The number of aromatic nitrogens is 2. The maximum absolute atomic E-state index is 12.2. The van der Waals surface area contributed by atoms with E-state index in [1.165, 1.54) is 6.21 Å². The Bertz CT molecular complexity index is 853. The molecule has 2 N–H and O–H groups in total. The van der Waals surface area contributed by atoms with Crippen LogP contribution in [-0.4, -0.2) is 71.8 Å². The summed E-state index contributed by atoms with van der Waals surface area (Å²) in [5, 5.41) is 15.1. The Morgan fingerprint density at radius 2 is 2.10 bits per heavy atom. The third-order valence-electron chi connectivity index (χ3n) is 5.00. The quantitative estimate of drug-likeness (QED) is 0.696. The lowest BCUT2D eigenvalue weighted by molar-refractivity contribution is -0.132. The molecular formula is C21H30N6O2. The molecule has 1 aliphatic heterocycles. The van der Waals surface area contributed by atoms with Gasteiger partial charge in [0.15, 0.2) is 0 Å². The first-order chi connectivity index (χ1) is 13.9. The maximum Gasteiger partial charge on any atom is 0.236 e. The number of hydrogen-bond donors (Lipinski definition) is 2. The van der Waals surface area contributed by atoms with Crippen LogP contribution < -0.4 is 5.32 Å². The van der Waals surface area contributed by atoms with Crippen LogP contribution in [0.25, 0.3) is 11.4 Å². The first-order valence-corrected chi connectivity index (χ1v) is 10.0. The van der Waals surface area contributed by atoms with Crippen molar-refractivity contribution in [1.82, 2.24) is 19.9 Å². The summed E-state index contributed by atoms with van der Waals surface area (Å²) in [6.07, 6.45) is 2.99. The summed E-state index contributed by atoms with van der Waals surface area (Å²) >= 11 is 0. The molecule has 29 heavy (non-hydrogen) atoms. The number of carbonyl (C=O) groups is 1. The number of nitrogens with zero attached hydrogens (tertiary/aromatic N) is 4. The van der Waals surface area contributed by atoms with E-state index in [-0.39, 0.29) is 17.9 Å². The number of likely N-dealkylation sites (N-methyl/N-ethyl adjacent to an activating group) is 1. The molecule has 1 aliphatic rings. The molecule has 0 bridgehead atoms. The topological polar surface area (TPSA) is 98.3 Å². The highest BCUT2D eigenvalue weighted by molar-refractivity contribution is 5.87. The van der Waals surface area contributed by atoms with Gasteiger partial charge in [-0.15, -0.1) is 0 Å². The van der Waals surface area contributed by atoms with Crippen LogP contribution in [0.1, 0.15) is 44.1 Å². The van der Waals surface area contributed by atoms with E-state index < -0.39 is 0 Å². The van der Waals surface area contributed by atoms with Crippen molar-refractivity contribution >= 4 is 17.8 Å². The lowest BCUT2D eigenvalue weighted by Gasteiger charge is -2.31. The average molecular weight is 399 g/mol. The number of benzene rings is 1. The minimum atomic E-state index is 0.163. The van der Waals surface area contributed by atoms with Gasteiger partial charge in [0.2, 0.25) is 17.6 Å². The van der Waals surface area contributed by atoms with Crippen LogP contribution >= 0.6 is 0 Å². The number of nitrogens with one attached hydrogen (secondary N) is 2. The zero-order valence-corrected chi connectivity index (χ0v) is 17.6. The Kier molecular flexibility index (Phi) is 6.64. The van der Waals surface area contributed by atoms with Crippen LogP contribution in [-0.2, 0) is 4.79 Å². The van der Waals surface area contributed by atoms with Gasteiger partial charge >= 0.3 is 0 Å². The summed E-state index contributed by atoms with van der Waals surface area (Å²) < 4.78 is 5.56.